The first kappa shape index (κ1) is 14.7. The lowest BCUT2D eigenvalue weighted by Gasteiger charge is -2.05. The van der Waals surface area contributed by atoms with Gasteiger partial charge in [-0.25, -0.2) is 9.37 Å². The van der Waals surface area contributed by atoms with Crippen molar-refractivity contribution in [2.75, 3.05) is 0 Å². The van der Waals surface area contributed by atoms with Gasteiger partial charge in [-0.15, -0.1) is 0 Å². The third-order valence-electron chi connectivity index (χ3n) is 3.25. The van der Waals surface area contributed by atoms with E-state index in [9.17, 15) is 4.39 Å². The van der Waals surface area contributed by atoms with Crippen LogP contribution in [0.2, 0.25) is 0 Å². The lowest BCUT2D eigenvalue weighted by molar-refractivity contribution is 0.291. The highest BCUT2D eigenvalue weighted by atomic mass is 19.1. The third-order valence-corrected chi connectivity index (χ3v) is 3.25. The lowest BCUT2D eigenvalue weighted by atomic mass is 10.1. The van der Waals surface area contributed by atoms with Crippen molar-refractivity contribution in [2.24, 2.45) is 0 Å². The molecule has 3 rings (SSSR count). The Morgan fingerprint density at radius 3 is 2.70 bits per heavy atom. The summed E-state index contributed by atoms with van der Waals surface area (Å²) >= 11 is 0. The fraction of sp³-hybridized carbons (Fsp3) is 0.118. The van der Waals surface area contributed by atoms with E-state index in [2.05, 4.69) is 10.1 Å². The number of rotatable bonds is 5. The summed E-state index contributed by atoms with van der Waals surface area (Å²) in [7, 11) is 0. The molecule has 6 heteroatoms. The van der Waals surface area contributed by atoms with Crippen LogP contribution in [0.3, 0.4) is 0 Å². The van der Waals surface area contributed by atoms with Crippen LogP contribution in [0.15, 0.2) is 53.4 Å². The molecule has 0 aliphatic carbocycles. The van der Waals surface area contributed by atoms with Gasteiger partial charge in [-0.05, 0) is 23.8 Å². The van der Waals surface area contributed by atoms with Crippen LogP contribution in [0.25, 0.3) is 0 Å². The average molecular weight is 309 g/mol. The standard InChI is InChI=1S/C17H12FN3O2/c18-15-4-1-12(2-5-15)7-16-14(11-23-21-16)10-22-17-6-3-13(8-19)9-20-17/h1-6,9,11H,7,10H2. The summed E-state index contributed by atoms with van der Waals surface area (Å²) < 4.78 is 23.5. The Bertz CT molecular complexity index is 820. The molecule has 0 saturated carbocycles. The summed E-state index contributed by atoms with van der Waals surface area (Å²) in [4.78, 5) is 4.03. The van der Waals surface area contributed by atoms with Gasteiger partial charge >= 0.3 is 0 Å². The van der Waals surface area contributed by atoms with Crippen molar-refractivity contribution in [3.05, 3.63) is 77.1 Å². The minimum atomic E-state index is -0.274. The van der Waals surface area contributed by atoms with Crippen LogP contribution < -0.4 is 4.74 Å². The Morgan fingerprint density at radius 2 is 2.00 bits per heavy atom. The summed E-state index contributed by atoms with van der Waals surface area (Å²) in [5.74, 6) is 0.141. The Labute approximate surface area is 131 Å². The molecule has 23 heavy (non-hydrogen) atoms. The quantitative estimate of drug-likeness (QED) is 0.723. The zero-order valence-corrected chi connectivity index (χ0v) is 12.1. The predicted molar refractivity (Wildman–Crippen MR) is 79.0 cm³/mol. The van der Waals surface area contributed by atoms with Gasteiger partial charge in [0.15, 0.2) is 0 Å². The second-order valence-corrected chi connectivity index (χ2v) is 4.88. The van der Waals surface area contributed by atoms with Gasteiger partial charge in [-0.3, -0.25) is 0 Å². The molecule has 2 aromatic heterocycles. The normalized spacial score (nSPS) is 10.3. The van der Waals surface area contributed by atoms with Crippen LogP contribution in [0.5, 0.6) is 5.88 Å². The van der Waals surface area contributed by atoms with E-state index in [4.69, 9.17) is 14.5 Å². The monoisotopic (exact) mass is 309 g/mol. The predicted octanol–water partition coefficient (Wildman–Crippen LogP) is 3.25. The maximum absolute atomic E-state index is 12.9. The van der Waals surface area contributed by atoms with E-state index >= 15 is 0 Å². The lowest BCUT2D eigenvalue weighted by Crippen LogP contribution is -2.00. The number of ether oxygens (including phenoxy) is 1. The third kappa shape index (κ3) is 3.71. The molecule has 0 aliphatic heterocycles. The van der Waals surface area contributed by atoms with Gasteiger partial charge in [0.25, 0.3) is 0 Å². The molecule has 5 nitrogen and oxygen atoms in total. The molecule has 0 saturated heterocycles. The van der Waals surface area contributed by atoms with E-state index in [0.717, 1.165) is 16.8 Å². The van der Waals surface area contributed by atoms with Crippen molar-refractivity contribution >= 4 is 0 Å². The average Bonchev–Trinajstić information content (AvgIpc) is 3.02. The number of nitrogens with zero attached hydrogens (tertiary/aromatic N) is 3. The molecule has 114 valence electrons. The molecule has 1 aromatic carbocycles. The van der Waals surface area contributed by atoms with E-state index < -0.39 is 0 Å². The van der Waals surface area contributed by atoms with E-state index in [1.165, 1.54) is 24.6 Å². The largest absolute Gasteiger partial charge is 0.473 e. The molecular weight excluding hydrogens is 297 g/mol. The highest BCUT2D eigenvalue weighted by Crippen LogP contribution is 2.16. The fourth-order valence-electron chi connectivity index (χ4n) is 2.02. The SMILES string of the molecule is N#Cc1ccc(OCc2conc2Cc2ccc(F)cc2)nc1. The number of pyridine rings is 1. The van der Waals surface area contributed by atoms with Crippen LogP contribution in [0, 0.1) is 17.1 Å². The Hall–Kier alpha value is -3.20. The number of hydrogen-bond acceptors (Lipinski definition) is 5. The summed E-state index contributed by atoms with van der Waals surface area (Å²) in [6.45, 7) is 0.249. The smallest absolute Gasteiger partial charge is 0.213 e. The van der Waals surface area contributed by atoms with E-state index in [0.29, 0.717) is 17.9 Å². The van der Waals surface area contributed by atoms with Gasteiger partial charge in [0.1, 0.15) is 24.8 Å². The Morgan fingerprint density at radius 1 is 1.17 bits per heavy atom. The Kier molecular flexibility index (Phi) is 4.29. The summed E-state index contributed by atoms with van der Waals surface area (Å²) in [5, 5.41) is 12.7. The van der Waals surface area contributed by atoms with Gasteiger partial charge in [0, 0.05) is 18.7 Å². The minimum absolute atomic E-state index is 0.249. The number of benzene rings is 1. The van der Waals surface area contributed by atoms with Gasteiger partial charge in [-0.1, -0.05) is 17.3 Å². The van der Waals surface area contributed by atoms with Crippen molar-refractivity contribution in [3.63, 3.8) is 0 Å². The maximum atomic E-state index is 12.9. The van der Waals surface area contributed by atoms with Gasteiger partial charge in [0.05, 0.1) is 16.8 Å². The van der Waals surface area contributed by atoms with Crippen molar-refractivity contribution in [1.82, 2.24) is 10.1 Å². The van der Waals surface area contributed by atoms with Crippen molar-refractivity contribution in [2.45, 2.75) is 13.0 Å². The van der Waals surface area contributed by atoms with Gasteiger partial charge in [-0.2, -0.15) is 5.26 Å². The van der Waals surface area contributed by atoms with Crippen molar-refractivity contribution < 1.29 is 13.7 Å². The number of aromatic nitrogens is 2. The van der Waals surface area contributed by atoms with Crippen LogP contribution >= 0.6 is 0 Å². The first-order valence-corrected chi connectivity index (χ1v) is 6.90. The first-order chi connectivity index (χ1) is 11.2. The number of halogens is 1. The molecule has 0 amide bonds. The molecule has 0 unspecified atom stereocenters. The van der Waals surface area contributed by atoms with Crippen LogP contribution in [-0.2, 0) is 13.0 Å². The van der Waals surface area contributed by atoms with E-state index in [1.54, 1.807) is 24.3 Å². The summed E-state index contributed by atoms with van der Waals surface area (Å²) in [5.41, 5.74) is 2.92. The zero-order valence-electron chi connectivity index (χ0n) is 12.1. The number of nitriles is 1. The molecule has 3 aromatic rings. The van der Waals surface area contributed by atoms with Gasteiger partial charge < -0.3 is 9.26 Å². The molecule has 0 aliphatic rings. The number of hydrogen-bond donors (Lipinski definition) is 0. The fourth-order valence-corrected chi connectivity index (χ4v) is 2.02. The molecule has 0 radical (unpaired) electrons. The highest BCUT2D eigenvalue weighted by Gasteiger charge is 2.10. The Balaban J connectivity index is 1.66. The topological polar surface area (TPSA) is 71.9 Å². The summed E-state index contributed by atoms with van der Waals surface area (Å²) in [6.07, 6.45) is 3.49. The van der Waals surface area contributed by atoms with E-state index in [-0.39, 0.29) is 12.4 Å². The van der Waals surface area contributed by atoms with Crippen molar-refractivity contribution in [3.8, 4) is 11.9 Å². The second kappa shape index (κ2) is 6.71. The van der Waals surface area contributed by atoms with Crippen LogP contribution in [-0.4, -0.2) is 10.1 Å². The van der Waals surface area contributed by atoms with Crippen LogP contribution in [0.4, 0.5) is 4.39 Å². The highest BCUT2D eigenvalue weighted by molar-refractivity contribution is 5.29. The summed E-state index contributed by atoms with van der Waals surface area (Å²) in [6, 6.07) is 11.5. The zero-order chi connectivity index (χ0) is 16.1. The molecule has 0 atom stereocenters. The molecule has 0 N–H and O–H groups in total. The maximum Gasteiger partial charge on any atom is 0.213 e. The van der Waals surface area contributed by atoms with E-state index in [1.807, 2.05) is 6.07 Å². The molecule has 0 bridgehead atoms. The molecule has 0 spiro atoms. The van der Waals surface area contributed by atoms with Gasteiger partial charge in [0.2, 0.25) is 5.88 Å². The molecule has 0 fully saturated rings. The second-order valence-electron chi connectivity index (χ2n) is 4.88. The molecule has 2 heterocycles. The first-order valence-electron chi connectivity index (χ1n) is 6.90. The minimum Gasteiger partial charge on any atom is -0.473 e. The molecular formula is C17H12FN3O2. The van der Waals surface area contributed by atoms with Crippen molar-refractivity contribution in [1.29, 1.82) is 5.26 Å². The van der Waals surface area contributed by atoms with Crippen LogP contribution in [0.1, 0.15) is 22.4 Å².